The number of ether oxygens (including phenoxy) is 7. The van der Waals surface area contributed by atoms with Gasteiger partial charge in [0.25, 0.3) is 10.2 Å². The Bertz CT molecular complexity index is 1550. The van der Waals surface area contributed by atoms with Crippen LogP contribution in [-0.2, 0) is 54.2 Å². The SMILES string of the molecule is COCCCN1CCOC2CCC(COC3CN(C(=O)OCCCCC(CO[N+](=O)[O-])O[N+](=O)[O-])CC(CNC(=O)C4CCC(OC)CC4)C3c3ccc(COCCOC)cc3)CC21. The molecule has 1 aromatic rings. The number of carbonyl (C=O) groups is 2. The van der Waals surface area contributed by atoms with Crippen molar-refractivity contribution in [1.82, 2.24) is 15.1 Å². The van der Waals surface area contributed by atoms with Crippen LogP contribution in [0.5, 0.6) is 0 Å². The van der Waals surface area contributed by atoms with Crippen LogP contribution in [-0.4, -0.2) is 163 Å². The van der Waals surface area contributed by atoms with Crippen molar-refractivity contribution >= 4 is 12.0 Å². The lowest BCUT2D eigenvalue weighted by atomic mass is 9.77. The number of unbranched alkanes of at least 4 members (excludes halogenated alkanes) is 1. The fourth-order valence-electron chi connectivity index (χ4n) is 9.72. The normalized spacial score (nSPS) is 26.6. The van der Waals surface area contributed by atoms with Gasteiger partial charge in [-0.15, -0.1) is 20.2 Å². The first-order valence-electron chi connectivity index (χ1n) is 23.0. The number of likely N-dealkylation sites (tertiary alicyclic amines) is 1. The summed E-state index contributed by atoms with van der Waals surface area (Å²) in [4.78, 5) is 62.1. The molecule has 7 atom stereocenters. The van der Waals surface area contributed by atoms with E-state index in [2.05, 4.69) is 44.2 Å². The van der Waals surface area contributed by atoms with Crippen molar-refractivity contribution in [3.8, 4) is 0 Å². The molecule has 5 rings (SSSR count). The molecule has 0 radical (unpaired) electrons. The van der Waals surface area contributed by atoms with Crippen molar-refractivity contribution in [3.05, 3.63) is 55.6 Å². The minimum atomic E-state index is -1.14. The van der Waals surface area contributed by atoms with Crippen molar-refractivity contribution in [2.45, 2.75) is 114 Å². The number of amides is 2. The van der Waals surface area contributed by atoms with E-state index in [0.717, 1.165) is 82.2 Å². The van der Waals surface area contributed by atoms with E-state index in [0.29, 0.717) is 65.0 Å². The number of methoxy groups -OCH3 is 3. The molecule has 64 heavy (non-hydrogen) atoms. The van der Waals surface area contributed by atoms with Gasteiger partial charge in [-0.2, -0.15) is 0 Å². The van der Waals surface area contributed by atoms with Gasteiger partial charge in [0.05, 0.1) is 57.9 Å². The molecule has 7 unspecified atom stereocenters. The third-order valence-electron chi connectivity index (χ3n) is 13.1. The highest BCUT2D eigenvalue weighted by atomic mass is 17.0. The molecule has 20 nitrogen and oxygen atoms in total. The average molecular weight is 910 g/mol. The Hall–Kier alpha value is -3.92. The van der Waals surface area contributed by atoms with E-state index in [9.17, 15) is 29.8 Å². The van der Waals surface area contributed by atoms with Gasteiger partial charge >= 0.3 is 6.09 Å². The molecule has 1 aromatic carbocycles. The summed E-state index contributed by atoms with van der Waals surface area (Å²) in [5.74, 6) is -0.236. The van der Waals surface area contributed by atoms with Gasteiger partial charge in [0.1, 0.15) is 12.7 Å². The van der Waals surface area contributed by atoms with E-state index in [1.807, 2.05) is 0 Å². The molecule has 2 amide bonds. The number of fused-ring (bicyclic) bond motifs is 1. The number of piperidine rings is 1. The topological polar surface area (TPSA) is 222 Å². The second-order valence-electron chi connectivity index (χ2n) is 17.4. The third kappa shape index (κ3) is 16.5. The van der Waals surface area contributed by atoms with E-state index in [1.54, 1.807) is 26.2 Å². The molecule has 20 heteroatoms. The first-order chi connectivity index (χ1) is 31.1. The van der Waals surface area contributed by atoms with E-state index in [1.165, 1.54) is 0 Å². The lowest BCUT2D eigenvalue weighted by molar-refractivity contribution is -0.790. The van der Waals surface area contributed by atoms with Gasteiger partial charge in [-0.25, -0.2) is 4.79 Å². The van der Waals surface area contributed by atoms with Gasteiger partial charge in [0, 0.05) is 84.5 Å². The predicted molar refractivity (Wildman–Crippen MR) is 230 cm³/mol. The highest BCUT2D eigenvalue weighted by Gasteiger charge is 2.43. The number of nitrogens with zero attached hydrogens (tertiary/aromatic N) is 4. The minimum absolute atomic E-state index is 0.00137. The van der Waals surface area contributed by atoms with Gasteiger partial charge in [-0.1, -0.05) is 24.3 Å². The molecule has 2 aliphatic heterocycles. The number of hydrogen-bond acceptors (Lipinski definition) is 16. The van der Waals surface area contributed by atoms with Gasteiger partial charge < -0.3 is 53.0 Å². The Morgan fingerprint density at radius 2 is 1.69 bits per heavy atom. The number of hydrogen-bond donors (Lipinski definition) is 1. The molecule has 1 N–H and O–H groups in total. The van der Waals surface area contributed by atoms with Crippen LogP contribution in [0.1, 0.15) is 87.7 Å². The number of nitrogens with one attached hydrogen (secondary N) is 1. The Kier molecular flexibility index (Phi) is 22.0. The molecular weight excluding hydrogens is 839 g/mol. The zero-order valence-electron chi connectivity index (χ0n) is 37.9. The fraction of sp³-hybridized carbons (Fsp3) is 0.818. The van der Waals surface area contributed by atoms with Crippen LogP contribution in [0.2, 0.25) is 0 Å². The van der Waals surface area contributed by atoms with Crippen molar-refractivity contribution < 1.29 is 62.6 Å². The molecule has 2 heterocycles. The predicted octanol–water partition coefficient (Wildman–Crippen LogP) is 4.57. The second-order valence-corrected chi connectivity index (χ2v) is 17.4. The van der Waals surface area contributed by atoms with Crippen LogP contribution < -0.4 is 5.32 Å². The van der Waals surface area contributed by atoms with Gasteiger partial charge in [-0.05, 0) is 87.7 Å². The Morgan fingerprint density at radius 3 is 2.41 bits per heavy atom. The highest BCUT2D eigenvalue weighted by Crippen LogP contribution is 2.38. The van der Waals surface area contributed by atoms with E-state index >= 15 is 0 Å². The average Bonchev–Trinajstić information content (AvgIpc) is 3.30. The molecule has 4 aliphatic rings. The molecule has 0 spiro atoms. The molecule has 362 valence electrons. The number of benzene rings is 1. The lowest BCUT2D eigenvalue weighted by Crippen LogP contribution is -2.56. The van der Waals surface area contributed by atoms with E-state index in [4.69, 9.17) is 33.2 Å². The summed E-state index contributed by atoms with van der Waals surface area (Å²) in [6.07, 6.45) is 5.94. The number of rotatable bonds is 27. The van der Waals surface area contributed by atoms with Gasteiger partial charge in [-0.3, -0.25) is 9.69 Å². The summed E-state index contributed by atoms with van der Waals surface area (Å²) in [6, 6.07) is 8.60. The quantitative estimate of drug-likeness (QED) is 0.0726. The summed E-state index contributed by atoms with van der Waals surface area (Å²) in [6.45, 7) is 5.50. The Morgan fingerprint density at radius 1 is 0.906 bits per heavy atom. The molecular formula is C44H71N5O15. The number of carbonyl (C=O) groups excluding carboxylic acids is 2. The monoisotopic (exact) mass is 909 g/mol. The smallest absolute Gasteiger partial charge is 0.409 e. The highest BCUT2D eigenvalue weighted by molar-refractivity contribution is 5.78. The zero-order chi connectivity index (χ0) is 45.7. The standard InChI is InChI=1S/C44H71N5O15/c1-56-20-6-18-46-19-22-60-40-17-10-33(25-39(40)46)30-62-41-28-47(44(51)61-21-5-4-7-38(64-49(54)55)31-63-48(52)53)27-36(26-45-43(50)35-13-15-37(58-3)16-14-35)42(41)34-11-8-32(9-12-34)29-59-24-23-57-2/h8-9,11-12,33,35-42H,4-7,10,13-31H2,1-3H3,(H,45,50). The molecule has 2 saturated carbocycles. The third-order valence-corrected chi connectivity index (χ3v) is 13.1. The molecule has 0 aromatic heterocycles. The van der Waals surface area contributed by atoms with Crippen LogP contribution in [0.15, 0.2) is 24.3 Å². The molecule has 0 bridgehead atoms. The first kappa shape index (κ1) is 51.1. The molecule has 2 aliphatic carbocycles. The zero-order valence-corrected chi connectivity index (χ0v) is 37.9. The van der Waals surface area contributed by atoms with Crippen LogP contribution in [0, 0.1) is 38.0 Å². The minimum Gasteiger partial charge on any atom is -0.449 e. The summed E-state index contributed by atoms with van der Waals surface area (Å²) >= 11 is 0. The molecule has 2 saturated heterocycles. The van der Waals surface area contributed by atoms with Crippen molar-refractivity contribution in [3.63, 3.8) is 0 Å². The summed E-state index contributed by atoms with van der Waals surface area (Å²) in [5.41, 5.74) is 2.05. The largest absolute Gasteiger partial charge is 0.449 e. The Balaban J connectivity index is 1.31. The van der Waals surface area contributed by atoms with Crippen molar-refractivity contribution in [2.75, 3.05) is 100 Å². The summed E-state index contributed by atoms with van der Waals surface area (Å²) < 4.78 is 40.8. The van der Waals surface area contributed by atoms with Gasteiger partial charge in [0.2, 0.25) is 5.91 Å². The van der Waals surface area contributed by atoms with Crippen LogP contribution in [0.4, 0.5) is 4.79 Å². The maximum Gasteiger partial charge on any atom is 0.409 e. The maximum atomic E-state index is 13.9. The van der Waals surface area contributed by atoms with Crippen molar-refractivity contribution in [1.29, 1.82) is 0 Å². The summed E-state index contributed by atoms with van der Waals surface area (Å²) in [7, 11) is 5.08. The van der Waals surface area contributed by atoms with Crippen molar-refractivity contribution in [2.24, 2.45) is 17.8 Å². The van der Waals surface area contributed by atoms with Gasteiger partial charge in [0.15, 0.2) is 0 Å². The summed E-state index contributed by atoms with van der Waals surface area (Å²) in [5, 5.41) is 22.8. The molecule has 4 fully saturated rings. The fourth-order valence-corrected chi connectivity index (χ4v) is 9.72. The van der Waals surface area contributed by atoms with Crippen LogP contribution in [0.3, 0.4) is 0 Å². The van der Waals surface area contributed by atoms with E-state index < -0.39 is 35.1 Å². The lowest BCUT2D eigenvalue weighted by Gasteiger charge is -2.47. The number of morpholine rings is 1. The maximum absolute atomic E-state index is 13.9. The van der Waals surface area contributed by atoms with Crippen LogP contribution >= 0.6 is 0 Å². The Labute approximate surface area is 376 Å². The first-order valence-corrected chi connectivity index (χ1v) is 23.0. The van der Waals surface area contributed by atoms with Crippen LogP contribution in [0.25, 0.3) is 0 Å². The second kappa shape index (κ2) is 27.5. The van der Waals surface area contributed by atoms with E-state index in [-0.39, 0.29) is 61.4 Å².